The van der Waals surface area contributed by atoms with Gasteiger partial charge in [-0.1, -0.05) is 0 Å². The van der Waals surface area contributed by atoms with Gasteiger partial charge in [0.2, 0.25) is 11.8 Å². The standard InChI is InChI=1S/C11H20N2O3/c1-11(2,3)13-9(14)7-12-10(15)8-5-4-6-16-8/h8H,4-7H2,1-3H3,(H,12,15)(H,13,14). The smallest absolute Gasteiger partial charge is 0.249 e. The molecule has 1 heterocycles. The number of amides is 2. The van der Waals surface area contributed by atoms with Gasteiger partial charge in [0, 0.05) is 12.1 Å². The molecular weight excluding hydrogens is 208 g/mol. The summed E-state index contributed by atoms with van der Waals surface area (Å²) in [5.74, 6) is -0.375. The molecular formula is C11H20N2O3. The second-order valence-corrected chi connectivity index (χ2v) is 5.02. The van der Waals surface area contributed by atoms with Crippen LogP contribution in [0.25, 0.3) is 0 Å². The average molecular weight is 228 g/mol. The number of nitrogens with one attached hydrogen (secondary N) is 2. The van der Waals surface area contributed by atoms with Gasteiger partial charge in [0.25, 0.3) is 0 Å². The first-order valence-electron chi connectivity index (χ1n) is 5.59. The van der Waals surface area contributed by atoms with Crippen LogP contribution in [0.2, 0.25) is 0 Å². The molecule has 2 amide bonds. The highest BCUT2D eigenvalue weighted by Gasteiger charge is 2.24. The van der Waals surface area contributed by atoms with Crippen LogP contribution in [0.3, 0.4) is 0 Å². The van der Waals surface area contributed by atoms with Crippen molar-refractivity contribution in [2.24, 2.45) is 0 Å². The van der Waals surface area contributed by atoms with Gasteiger partial charge in [-0.2, -0.15) is 0 Å². The van der Waals surface area contributed by atoms with E-state index >= 15 is 0 Å². The van der Waals surface area contributed by atoms with Gasteiger partial charge in [-0.05, 0) is 33.6 Å². The third-order valence-electron chi connectivity index (χ3n) is 2.16. The maximum absolute atomic E-state index is 11.5. The number of carbonyl (C=O) groups excluding carboxylic acids is 2. The molecule has 1 fully saturated rings. The minimum absolute atomic E-state index is 0.00988. The largest absolute Gasteiger partial charge is 0.368 e. The molecule has 1 aliphatic heterocycles. The molecule has 2 N–H and O–H groups in total. The third-order valence-corrected chi connectivity index (χ3v) is 2.16. The van der Waals surface area contributed by atoms with Crippen LogP contribution in [0.15, 0.2) is 0 Å². The highest BCUT2D eigenvalue weighted by atomic mass is 16.5. The monoisotopic (exact) mass is 228 g/mol. The Hall–Kier alpha value is -1.10. The zero-order valence-electron chi connectivity index (χ0n) is 10.1. The molecule has 0 radical (unpaired) electrons. The molecule has 0 saturated carbocycles. The lowest BCUT2D eigenvalue weighted by Crippen LogP contribution is -2.47. The summed E-state index contributed by atoms with van der Waals surface area (Å²) >= 11 is 0. The summed E-state index contributed by atoms with van der Waals surface area (Å²) in [4.78, 5) is 22.9. The van der Waals surface area contributed by atoms with E-state index in [0.717, 1.165) is 12.8 Å². The molecule has 0 aromatic heterocycles. The number of hydrogen-bond acceptors (Lipinski definition) is 3. The summed E-state index contributed by atoms with van der Waals surface area (Å²) in [7, 11) is 0. The Kier molecular flexibility index (Phi) is 4.29. The molecule has 0 bridgehead atoms. The highest BCUT2D eigenvalue weighted by Crippen LogP contribution is 2.11. The van der Waals surface area contributed by atoms with Gasteiger partial charge in [-0.25, -0.2) is 0 Å². The van der Waals surface area contributed by atoms with Crippen molar-refractivity contribution in [3.63, 3.8) is 0 Å². The second kappa shape index (κ2) is 5.30. The van der Waals surface area contributed by atoms with Crippen molar-refractivity contribution in [2.45, 2.75) is 45.3 Å². The van der Waals surface area contributed by atoms with E-state index in [-0.39, 0.29) is 30.0 Å². The summed E-state index contributed by atoms with van der Waals surface area (Å²) in [5, 5.41) is 5.34. The lowest BCUT2D eigenvalue weighted by atomic mass is 10.1. The van der Waals surface area contributed by atoms with E-state index in [2.05, 4.69) is 10.6 Å². The van der Waals surface area contributed by atoms with Crippen LogP contribution in [0.4, 0.5) is 0 Å². The zero-order chi connectivity index (χ0) is 12.2. The Morgan fingerprint density at radius 2 is 2.06 bits per heavy atom. The van der Waals surface area contributed by atoms with E-state index in [0.29, 0.717) is 6.61 Å². The fourth-order valence-electron chi connectivity index (χ4n) is 1.53. The number of ether oxygens (including phenoxy) is 1. The van der Waals surface area contributed by atoms with Crippen molar-refractivity contribution in [1.29, 1.82) is 0 Å². The van der Waals surface area contributed by atoms with E-state index in [1.54, 1.807) is 0 Å². The van der Waals surface area contributed by atoms with Crippen molar-refractivity contribution >= 4 is 11.8 Å². The van der Waals surface area contributed by atoms with E-state index in [1.165, 1.54) is 0 Å². The summed E-state index contributed by atoms with van der Waals surface area (Å²) in [6.07, 6.45) is 1.28. The summed E-state index contributed by atoms with van der Waals surface area (Å²) in [6.45, 7) is 6.33. The number of rotatable bonds is 3. The van der Waals surface area contributed by atoms with Crippen LogP contribution in [-0.2, 0) is 14.3 Å². The summed E-state index contributed by atoms with van der Waals surface area (Å²) in [5.41, 5.74) is -0.272. The van der Waals surface area contributed by atoms with Gasteiger partial charge < -0.3 is 15.4 Å². The molecule has 1 aliphatic rings. The van der Waals surface area contributed by atoms with Gasteiger partial charge in [0.05, 0.1) is 6.54 Å². The molecule has 16 heavy (non-hydrogen) atoms. The fourth-order valence-corrected chi connectivity index (χ4v) is 1.53. The van der Waals surface area contributed by atoms with Crippen molar-refractivity contribution in [3.05, 3.63) is 0 Å². The van der Waals surface area contributed by atoms with Crippen molar-refractivity contribution in [2.75, 3.05) is 13.2 Å². The van der Waals surface area contributed by atoms with Gasteiger partial charge in [-0.3, -0.25) is 9.59 Å². The third kappa shape index (κ3) is 4.61. The lowest BCUT2D eigenvalue weighted by Gasteiger charge is -2.20. The normalized spacial score (nSPS) is 20.6. The minimum atomic E-state index is -0.373. The predicted octanol–water partition coefficient (Wildman–Crippen LogP) is 0.196. The molecule has 92 valence electrons. The Morgan fingerprint density at radius 1 is 1.38 bits per heavy atom. The van der Waals surface area contributed by atoms with E-state index < -0.39 is 0 Å². The van der Waals surface area contributed by atoms with Crippen LogP contribution >= 0.6 is 0 Å². The van der Waals surface area contributed by atoms with Crippen LogP contribution in [0, 0.1) is 0 Å². The Bertz CT molecular complexity index is 265. The Balaban J connectivity index is 2.23. The van der Waals surface area contributed by atoms with Gasteiger partial charge in [-0.15, -0.1) is 0 Å². The maximum Gasteiger partial charge on any atom is 0.249 e. The molecule has 0 aromatic carbocycles. The minimum Gasteiger partial charge on any atom is -0.368 e. The SMILES string of the molecule is CC(C)(C)NC(=O)CNC(=O)C1CCCO1. The van der Waals surface area contributed by atoms with Gasteiger partial charge in [0.15, 0.2) is 0 Å². The molecule has 0 aromatic rings. The zero-order valence-corrected chi connectivity index (χ0v) is 10.1. The van der Waals surface area contributed by atoms with Gasteiger partial charge in [0.1, 0.15) is 6.10 Å². The van der Waals surface area contributed by atoms with Crippen molar-refractivity contribution in [3.8, 4) is 0 Å². The van der Waals surface area contributed by atoms with Crippen LogP contribution in [0.5, 0.6) is 0 Å². The molecule has 1 unspecified atom stereocenters. The summed E-state index contributed by atoms with van der Waals surface area (Å²) in [6, 6.07) is 0. The topological polar surface area (TPSA) is 67.4 Å². The van der Waals surface area contributed by atoms with Crippen LogP contribution in [-0.4, -0.2) is 36.6 Å². The quantitative estimate of drug-likeness (QED) is 0.725. The Labute approximate surface area is 95.9 Å². The maximum atomic E-state index is 11.5. The second-order valence-electron chi connectivity index (χ2n) is 5.02. The van der Waals surface area contributed by atoms with E-state index in [9.17, 15) is 9.59 Å². The van der Waals surface area contributed by atoms with Crippen LogP contribution < -0.4 is 10.6 Å². The fraction of sp³-hybridized carbons (Fsp3) is 0.818. The molecule has 5 heteroatoms. The summed E-state index contributed by atoms with van der Waals surface area (Å²) < 4.78 is 5.20. The predicted molar refractivity (Wildman–Crippen MR) is 59.9 cm³/mol. The molecule has 0 spiro atoms. The van der Waals surface area contributed by atoms with Crippen molar-refractivity contribution in [1.82, 2.24) is 10.6 Å². The first-order chi connectivity index (χ1) is 7.38. The molecule has 5 nitrogen and oxygen atoms in total. The molecule has 0 aliphatic carbocycles. The van der Waals surface area contributed by atoms with E-state index in [4.69, 9.17) is 4.74 Å². The highest BCUT2D eigenvalue weighted by molar-refractivity contribution is 5.87. The number of carbonyl (C=O) groups is 2. The molecule has 1 saturated heterocycles. The lowest BCUT2D eigenvalue weighted by molar-refractivity contribution is -0.132. The Morgan fingerprint density at radius 3 is 2.56 bits per heavy atom. The first-order valence-corrected chi connectivity index (χ1v) is 5.59. The molecule has 1 atom stereocenters. The number of hydrogen-bond donors (Lipinski definition) is 2. The van der Waals surface area contributed by atoms with Crippen molar-refractivity contribution < 1.29 is 14.3 Å². The van der Waals surface area contributed by atoms with E-state index in [1.807, 2.05) is 20.8 Å². The molecule has 1 rings (SSSR count). The van der Waals surface area contributed by atoms with Crippen LogP contribution in [0.1, 0.15) is 33.6 Å². The van der Waals surface area contributed by atoms with Gasteiger partial charge >= 0.3 is 0 Å². The first kappa shape index (κ1) is 13.0. The average Bonchev–Trinajstić information content (AvgIpc) is 2.64.